The number of benzene rings is 1. The van der Waals surface area contributed by atoms with Crippen LogP contribution in [0, 0.1) is 6.92 Å². The van der Waals surface area contributed by atoms with Gasteiger partial charge >= 0.3 is 0 Å². The first-order valence-corrected chi connectivity index (χ1v) is 9.56. The van der Waals surface area contributed by atoms with E-state index in [0.717, 1.165) is 41.9 Å². The molecule has 1 N–H and O–H groups in total. The summed E-state index contributed by atoms with van der Waals surface area (Å²) in [5.41, 5.74) is 1.09. The quantitative estimate of drug-likeness (QED) is 0.213. The Balaban J connectivity index is 0.00000288. The number of aryl methyl sites for hydroxylation is 1. The Morgan fingerprint density at radius 2 is 2.08 bits per heavy atom. The maximum Gasteiger partial charge on any atom is 0.193 e. The first-order chi connectivity index (χ1) is 11.2. The van der Waals surface area contributed by atoms with Gasteiger partial charge in [0.25, 0.3) is 0 Å². The van der Waals surface area contributed by atoms with Crippen LogP contribution in [0.25, 0.3) is 0 Å². The number of thiazole rings is 1. The summed E-state index contributed by atoms with van der Waals surface area (Å²) in [5.74, 6) is 2.02. The highest BCUT2D eigenvalue weighted by Crippen LogP contribution is 2.17. The molecule has 24 heavy (non-hydrogen) atoms. The Bertz CT molecular complexity index is 616. The van der Waals surface area contributed by atoms with E-state index in [-0.39, 0.29) is 24.0 Å². The minimum atomic E-state index is 0. The van der Waals surface area contributed by atoms with E-state index in [4.69, 9.17) is 0 Å². The smallest absolute Gasteiger partial charge is 0.193 e. The predicted octanol–water partition coefficient (Wildman–Crippen LogP) is 4.26. The number of thioether (sulfide) groups is 1. The molecular weight excluding hydrogens is 451 g/mol. The average molecular weight is 476 g/mol. The molecular formula is C17H25IN4S2. The molecule has 0 fully saturated rings. The molecule has 0 aliphatic heterocycles. The van der Waals surface area contributed by atoms with E-state index in [0.29, 0.717) is 0 Å². The molecule has 0 amide bonds. The van der Waals surface area contributed by atoms with Crippen LogP contribution in [0.2, 0.25) is 0 Å². The first kappa shape index (κ1) is 21.2. The molecule has 1 aromatic heterocycles. The summed E-state index contributed by atoms with van der Waals surface area (Å²) in [6.45, 7) is 3.74. The monoisotopic (exact) mass is 476 g/mol. The van der Waals surface area contributed by atoms with Gasteiger partial charge in [0.2, 0.25) is 0 Å². The number of aromatic nitrogens is 1. The highest BCUT2D eigenvalue weighted by molar-refractivity contribution is 14.0. The Labute approximate surface area is 170 Å². The van der Waals surface area contributed by atoms with Crippen molar-refractivity contribution in [2.75, 3.05) is 26.4 Å². The van der Waals surface area contributed by atoms with Gasteiger partial charge in [-0.25, -0.2) is 4.98 Å². The molecule has 132 valence electrons. The summed E-state index contributed by atoms with van der Waals surface area (Å²) in [5, 5.41) is 6.63. The summed E-state index contributed by atoms with van der Waals surface area (Å²) >= 11 is 3.58. The molecule has 0 unspecified atom stereocenters. The zero-order valence-electron chi connectivity index (χ0n) is 14.4. The molecule has 0 atom stereocenters. The maximum atomic E-state index is 4.50. The molecule has 0 aliphatic carbocycles. The fourth-order valence-corrected chi connectivity index (χ4v) is 3.64. The summed E-state index contributed by atoms with van der Waals surface area (Å²) in [6, 6.07) is 10.5. The molecule has 0 saturated heterocycles. The van der Waals surface area contributed by atoms with Crippen molar-refractivity contribution >= 4 is 53.0 Å². The number of aliphatic imine (C=N–C) groups is 1. The van der Waals surface area contributed by atoms with Gasteiger partial charge in [-0.1, -0.05) is 18.2 Å². The highest BCUT2D eigenvalue weighted by atomic mass is 127. The number of guanidine groups is 1. The summed E-state index contributed by atoms with van der Waals surface area (Å²) in [6.07, 6.45) is 1.10. The van der Waals surface area contributed by atoms with Gasteiger partial charge in [0.1, 0.15) is 0 Å². The zero-order chi connectivity index (χ0) is 16.5. The third kappa shape index (κ3) is 7.40. The Kier molecular flexibility index (Phi) is 10.4. The van der Waals surface area contributed by atoms with E-state index in [1.54, 1.807) is 11.3 Å². The van der Waals surface area contributed by atoms with Crippen LogP contribution in [0.15, 0.2) is 45.6 Å². The normalized spacial score (nSPS) is 11.0. The van der Waals surface area contributed by atoms with Crippen molar-refractivity contribution in [3.63, 3.8) is 0 Å². The Hall–Kier alpha value is -0.800. The van der Waals surface area contributed by atoms with E-state index in [1.165, 1.54) is 4.90 Å². The minimum absolute atomic E-state index is 0. The second-order valence-electron chi connectivity index (χ2n) is 5.20. The Morgan fingerprint density at radius 3 is 2.71 bits per heavy atom. The third-order valence-electron chi connectivity index (χ3n) is 3.26. The minimum Gasteiger partial charge on any atom is -0.356 e. The Morgan fingerprint density at radius 1 is 1.33 bits per heavy atom. The van der Waals surface area contributed by atoms with Crippen molar-refractivity contribution in [2.24, 2.45) is 4.99 Å². The molecule has 0 saturated carbocycles. The molecule has 4 nitrogen and oxygen atoms in total. The van der Waals surface area contributed by atoms with Crippen LogP contribution in [-0.2, 0) is 6.54 Å². The second kappa shape index (κ2) is 11.7. The second-order valence-corrected chi connectivity index (χ2v) is 7.43. The lowest BCUT2D eigenvalue weighted by Crippen LogP contribution is -2.39. The van der Waals surface area contributed by atoms with E-state index in [9.17, 15) is 0 Å². The topological polar surface area (TPSA) is 40.5 Å². The summed E-state index contributed by atoms with van der Waals surface area (Å²) < 4.78 is 0. The standard InChI is InChI=1S/C17H24N4S2.HI/c1-14-20-15(13-23-14)12-21(3)17(18-2)19-10-7-11-22-16-8-5-4-6-9-16;/h4-6,8-9,13H,7,10-12H2,1-3H3,(H,18,19);1H. The predicted molar refractivity (Wildman–Crippen MR) is 117 cm³/mol. The SMILES string of the molecule is CN=C(NCCCSc1ccccc1)N(C)Cc1csc(C)n1.I. The van der Waals surface area contributed by atoms with E-state index >= 15 is 0 Å². The van der Waals surface area contributed by atoms with Gasteiger partial charge in [-0.2, -0.15) is 0 Å². The van der Waals surface area contributed by atoms with Crippen molar-refractivity contribution in [3.8, 4) is 0 Å². The highest BCUT2D eigenvalue weighted by Gasteiger charge is 2.08. The molecule has 1 aromatic carbocycles. The molecule has 0 spiro atoms. The van der Waals surface area contributed by atoms with Crippen LogP contribution in [0.3, 0.4) is 0 Å². The number of rotatable bonds is 7. The molecule has 2 rings (SSSR count). The fraction of sp³-hybridized carbons (Fsp3) is 0.412. The van der Waals surface area contributed by atoms with Gasteiger partial charge in [0.05, 0.1) is 17.2 Å². The van der Waals surface area contributed by atoms with Gasteiger partial charge < -0.3 is 10.2 Å². The molecule has 0 radical (unpaired) electrons. The maximum absolute atomic E-state index is 4.50. The average Bonchev–Trinajstić information content (AvgIpc) is 2.96. The number of nitrogens with zero attached hydrogens (tertiary/aromatic N) is 3. The number of hydrogen-bond acceptors (Lipinski definition) is 4. The summed E-state index contributed by atoms with van der Waals surface area (Å²) in [7, 11) is 3.87. The first-order valence-electron chi connectivity index (χ1n) is 7.69. The van der Waals surface area contributed by atoms with Crippen molar-refractivity contribution in [1.29, 1.82) is 0 Å². The zero-order valence-corrected chi connectivity index (χ0v) is 18.3. The van der Waals surface area contributed by atoms with E-state index < -0.39 is 0 Å². The van der Waals surface area contributed by atoms with Crippen molar-refractivity contribution in [3.05, 3.63) is 46.4 Å². The lowest BCUT2D eigenvalue weighted by atomic mass is 10.4. The molecule has 2 aromatic rings. The van der Waals surface area contributed by atoms with Crippen molar-refractivity contribution < 1.29 is 0 Å². The number of nitrogens with one attached hydrogen (secondary N) is 1. The molecule has 1 heterocycles. The van der Waals surface area contributed by atoms with E-state index in [1.807, 2.05) is 32.8 Å². The fourth-order valence-electron chi connectivity index (χ4n) is 2.16. The molecule has 7 heteroatoms. The van der Waals surface area contributed by atoms with Crippen LogP contribution >= 0.6 is 47.1 Å². The van der Waals surface area contributed by atoms with E-state index in [2.05, 4.69) is 55.9 Å². The van der Waals surface area contributed by atoms with Crippen LogP contribution < -0.4 is 5.32 Å². The van der Waals surface area contributed by atoms with Crippen LogP contribution in [0.1, 0.15) is 17.1 Å². The van der Waals surface area contributed by atoms with Gasteiger partial charge in [0.15, 0.2) is 5.96 Å². The van der Waals surface area contributed by atoms with Crippen LogP contribution in [0.4, 0.5) is 0 Å². The largest absolute Gasteiger partial charge is 0.356 e. The van der Waals surface area contributed by atoms with Crippen LogP contribution in [-0.4, -0.2) is 42.2 Å². The number of halogens is 1. The van der Waals surface area contributed by atoms with Crippen molar-refractivity contribution in [1.82, 2.24) is 15.2 Å². The van der Waals surface area contributed by atoms with Crippen molar-refractivity contribution in [2.45, 2.75) is 24.8 Å². The van der Waals surface area contributed by atoms with Gasteiger partial charge in [0, 0.05) is 30.9 Å². The molecule has 0 aliphatic rings. The lowest BCUT2D eigenvalue weighted by molar-refractivity contribution is 0.471. The summed E-state index contributed by atoms with van der Waals surface area (Å²) in [4.78, 5) is 12.3. The van der Waals surface area contributed by atoms with Gasteiger partial charge in [-0.05, 0) is 31.2 Å². The molecule has 0 bridgehead atoms. The third-order valence-corrected chi connectivity index (χ3v) is 5.18. The van der Waals surface area contributed by atoms with Gasteiger partial charge in [-0.3, -0.25) is 4.99 Å². The number of hydrogen-bond donors (Lipinski definition) is 1. The van der Waals surface area contributed by atoms with Crippen LogP contribution in [0.5, 0.6) is 0 Å². The van der Waals surface area contributed by atoms with Gasteiger partial charge in [-0.15, -0.1) is 47.1 Å². The lowest BCUT2D eigenvalue weighted by Gasteiger charge is -2.21.